The van der Waals surface area contributed by atoms with Crippen LogP contribution in [0.3, 0.4) is 0 Å². The zero-order valence-corrected chi connectivity index (χ0v) is 16.4. The first-order valence-corrected chi connectivity index (χ1v) is 11.3. The van der Waals surface area contributed by atoms with Gasteiger partial charge < -0.3 is 4.90 Å². The number of pyridine rings is 1. The van der Waals surface area contributed by atoms with E-state index < -0.39 is 10.0 Å². The number of sulfonamides is 1. The van der Waals surface area contributed by atoms with Gasteiger partial charge in [0.25, 0.3) is 0 Å². The second-order valence-corrected chi connectivity index (χ2v) is 10.7. The van der Waals surface area contributed by atoms with Crippen LogP contribution in [0.4, 0.5) is 5.82 Å². The van der Waals surface area contributed by atoms with Gasteiger partial charge in [-0.3, -0.25) is 4.40 Å². The molecule has 0 unspecified atom stereocenters. The summed E-state index contributed by atoms with van der Waals surface area (Å²) in [6.07, 6.45) is 7.69. The molecule has 6 nitrogen and oxygen atoms in total. The molecule has 0 aromatic carbocycles. The number of imidazole rings is 1. The van der Waals surface area contributed by atoms with E-state index in [9.17, 15) is 8.42 Å². The predicted octanol–water partition coefficient (Wildman–Crippen LogP) is 2.32. The van der Waals surface area contributed by atoms with E-state index in [-0.39, 0.29) is 5.54 Å². The van der Waals surface area contributed by atoms with Gasteiger partial charge in [-0.15, -0.1) is 0 Å². The Morgan fingerprint density at radius 3 is 2.58 bits per heavy atom. The van der Waals surface area contributed by atoms with Crippen molar-refractivity contribution in [1.82, 2.24) is 13.7 Å². The quantitative estimate of drug-likeness (QED) is 0.827. The lowest BCUT2D eigenvalue weighted by atomic mass is 9.85. The molecule has 4 heterocycles. The zero-order chi connectivity index (χ0) is 18.3. The molecule has 140 valence electrons. The third kappa shape index (κ3) is 2.33. The van der Waals surface area contributed by atoms with Gasteiger partial charge in [0, 0.05) is 31.1 Å². The zero-order valence-electron chi connectivity index (χ0n) is 15.6. The molecule has 0 spiro atoms. The largest absolute Gasteiger partial charge is 0.357 e. The highest BCUT2D eigenvalue weighted by molar-refractivity contribution is 7.88. The fraction of sp³-hybridized carbons (Fsp3) is 0.632. The molecule has 1 aliphatic carbocycles. The minimum absolute atomic E-state index is 0.338. The second-order valence-electron chi connectivity index (χ2n) is 8.79. The maximum absolute atomic E-state index is 12.2. The summed E-state index contributed by atoms with van der Waals surface area (Å²) in [6, 6.07) is 4.43. The van der Waals surface area contributed by atoms with E-state index in [0.29, 0.717) is 24.3 Å². The summed E-state index contributed by atoms with van der Waals surface area (Å²) in [5.74, 6) is 2.67. The van der Waals surface area contributed by atoms with E-state index in [2.05, 4.69) is 40.3 Å². The molecule has 2 atom stereocenters. The molecule has 3 fully saturated rings. The van der Waals surface area contributed by atoms with Crippen molar-refractivity contribution in [2.45, 2.75) is 38.1 Å². The van der Waals surface area contributed by atoms with Gasteiger partial charge >= 0.3 is 0 Å². The van der Waals surface area contributed by atoms with Gasteiger partial charge in [0.15, 0.2) is 0 Å². The van der Waals surface area contributed by atoms with Crippen LogP contribution in [0.25, 0.3) is 5.52 Å². The first kappa shape index (κ1) is 16.6. The van der Waals surface area contributed by atoms with Gasteiger partial charge in [-0.05, 0) is 50.2 Å². The highest BCUT2D eigenvalue weighted by Gasteiger charge is 2.55. The number of hydrogen-bond acceptors (Lipinski definition) is 4. The number of fused-ring (bicyclic) bond motifs is 2. The number of hydrogen-bond donors (Lipinski definition) is 0. The lowest BCUT2D eigenvalue weighted by Crippen LogP contribution is -2.47. The minimum atomic E-state index is -3.17. The Hall–Kier alpha value is -1.60. The summed E-state index contributed by atoms with van der Waals surface area (Å²) in [4.78, 5) is 6.83. The first-order valence-electron chi connectivity index (χ1n) is 9.44. The van der Waals surface area contributed by atoms with Gasteiger partial charge in [-0.2, -0.15) is 4.31 Å². The average Bonchev–Trinajstić information content (AvgIpc) is 3.03. The number of nitrogens with zero attached hydrogens (tertiary/aromatic N) is 4. The predicted molar refractivity (Wildman–Crippen MR) is 102 cm³/mol. The molecule has 0 amide bonds. The molecule has 2 aromatic rings. The molecule has 2 saturated heterocycles. The summed E-state index contributed by atoms with van der Waals surface area (Å²) in [6.45, 7) is 6.62. The lowest BCUT2D eigenvalue weighted by molar-refractivity contribution is 0.237. The van der Waals surface area contributed by atoms with Crippen LogP contribution in [0.5, 0.6) is 0 Å². The Labute approximate surface area is 154 Å². The molecule has 0 radical (unpaired) electrons. The standard InChI is InChI=1S/C19H26N4O2S/c1-19(2)17-11-21(9-14(17)10-23(19)26(3,24)25)18-16(13-4-5-13)7-6-15-8-20-12-22(15)18/h6-8,12-14,17H,4-5,9-11H2,1-3H3/t14-,17-/m0/s1. The van der Waals surface area contributed by atoms with Crippen molar-refractivity contribution in [3.63, 3.8) is 0 Å². The third-order valence-electron chi connectivity index (χ3n) is 6.70. The van der Waals surface area contributed by atoms with Crippen LogP contribution < -0.4 is 4.90 Å². The monoisotopic (exact) mass is 374 g/mol. The summed E-state index contributed by atoms with van der Waals surface area (Å²) < 4.78 is 28.4. The maximum Gasteiger partial charge on any atom is 0.211 e. The van der Waals surface area contributed by atoms with E-state index in [1.807, 2.05) is 12.5 Å². The number of anilines is 1. The van der Waals surface area contributed by atoms with E-state index >= 15 is 0 Å². The number of aromatic nitrogens is 2. The normalized spacial score (nSPS) is 28.8. The minimum Gasteiger partial charge on any atom is -0.357 e. The van der Waals surface area contributed by atoms with Crippen LogP contribution in [0.2, 0.25) is 0 Å². The summed E-state index contributed by atoms with van der Waals surface area (Å²) in [5.41, 5.74) is 2.21. The van der Waals surface area contributed by atoms with Crippen LogP contribution in [-0.4, -0.2) is 53.5 Å². The van der Waals surface area contributed by atoms with Crippen molar-refractivity contribution >= 4 is 21.4 Å². The van der Waals surface area contributed by atoms with E-state index in [0.717, 1.165) is 18.6 Å². The second kappa shape index (κ2) is 5.23. The highest BCUT2D eigenvalue weighted by Crippen LogP contribution is 2.49. The van der Waals surface area contributed by atoms with E-state index in [1.54, 1.807) is 4.31 Å². The molecular formula is C19H26N4O2S. The summed E-state index contributed by atoms with van der Waals surface area (Å²) in [7, 11) is -3.17. The molecule has 5 rings (SSSR count). The van der Waals surface area contributed by atoms with Gasteiger partial charge in [-0.25, -0.2) is 13.4 Å². The molecule has 2 aliphatic heterocycles. The first-order chi connectivity index (χ1) is 12.3. The van der Waals surface area contributed by atoms with Gasteiger partial charge in [0.1, 0.15) is 12.1 Å². The maximum atomic E-state index is 12.2. The van der Waals surface area contributed by atoms with Gasteiger partial charge in [0.2, 0.25) is 10.0 Å². The molecule has 26 heavy (non-hydrogen) atoms. The van der Waals surface area contributed by atoms with Crippen molar-refractivity contribution in [3.8, 4) is 0 Å². The van der Waals surface area contributed by atoms with Gasteiger partial charge in [-0.1, -0.05) is 6.07 Å². The van der Waals surface area contributed by atoms with Crippen LogP contribution in [0.15, 0.2) is 24.7 Å². The smallest absolute Gasteiger partial charge is 0.211 e. The van der Waals surface area contributed by atoms with E-state index in [1.165, 1.54) is 30.5 Å². The summed E-state index contributed by atoms with van der Waals surface area (Å²) in [5, 5.41) is 0. The van der Waals surface area contributed by atoms with Crippen molar-refractivity contribution in [3.05, 3.63) is 30.2 Å². The SMILES string of the molecule is CC1(C)[C@H]2CN(c3c(C4CC4)ccc4cncn34)C[C@H]2CN1S(C)(=O)=O. The molecule has 0 bridgehead atoms. The Balaban J connectivity index is 1.53. The van der Waals surface area contributed by atoms with Crippen molar-refractivity contribution in [2.24, 2.45) is 11.8 Å². The molecule has 0 N–H and O–H groups in total. The third-order valence-corrected chi connectivity index (χ3v) is 8.12. The topological polar surface area (TPSA) is 57.9 Å². The van der Waals surface area contributed by atoms with Crippen LogP contribution in [0, 0.1) is 11.8 Å². The lowest BCUT2D eigenvalue weighted by Gasteiger charge is -2.35. The van der Waals surface area contributed by atoms with Crippen molar-refractivity contribution in [1.29, 1.82) is 0 Å². The average molecular weight is 375 g/mol. The van der Waals surface area contributed by atoms with Gasteiger partial charge in [0.05, 0.1) is 18.0 Å². The van der Waals surface area contributed by atoms with Crippen LogP contribution in [-0.2, 0) is 10.0 Å². The fourth-order valence-corrected chi connectivity index (χ4v) is 6.72. The van der Waals surface area contributed by atoms with Crippen LogP contribution >= 0.6 is 0 Å². The van der Waals surface area contributed by atoms with E-state index in [4.69, 9.17) is 0 Å². The molecular weight excluding hydrogens is 348 g/mol. The molecule has 3 aliphatic rings. The van der Waals surface area contributed by atoms with Crippen LogP contribution in [0.1, 0.15) is 38.2 Å². The molecule has 2 aromatic heterocycles. The van der Waals surface area contributed by atoms with Crippen molar-refractivity contribution in [2.75, 3.05) is 30.8 Å². The Kier molecular flexibility index (Phi) is 3.33. The Bertz CT molecular complexity index is 977. The molecule has 1 saturated carbocycles. The number of rotatable bonds is 3. The fourth-order valence-electron chi connectivity index (χ4n) is 5.27. The Morgan fingerprint density at radius 2 is 1.92 bits per heavy atom. The van der Waals surface area contributed by atoms with Crippen molar-refractivity contribution < 1.29 is 8.42 Å². The summed E-state index contributed by atoms with van der Waals surface area (Å²) >= 11 is 0. The molecule has 7 heteroatoms. The Morgan fingerprint density at radius 1 is 1.15 bits per heavy atom. The highest BCUT2D eigenvalue weighted by atomic mass is 32.2.